The molecular formula is C16H26N2. The molecule has 1 fully saturated rings. The number of hydrogen-bond acceptors (Lipinski definition) is 2. The van der Waals surface area contributed by atoms with Gasteiger partial charge < -0.3 is 4.90 Å². The Bertz CT molecular complexity index is 373. The highest BCUT2D eigenvalue weighted by Gasteiger charge is 2.17. The van der Waals surface area contributed by atoms with E-state index >= 15 is 0 Å². The number of likely N-dealkylation sites (tertiary alicyclic amines) is 1. The fraction of sp³-hybridized carbons (Fsp3) is 0.625. The Morgan fingerprint density at radius 2 is 2.00 bits per heavy atom. The average molecular weight is 246 g/mol. The maximum atomic E-state index is 4.29. The molecule has 0 aliphatic carbocycles. The van der Waals surface area contributed by atoms with Crippen LogP contribution >= 0.6 is 0 Å². The number of hydrogen-bond donors (Lipinski definition) is 0. The molecular weight excluding hydrogens is 220 g/mol. The van der Waals surface area contributed by atoms with Crippen molar-refractivity contribution in [2.45, 2.75) is 39.2 Å². The molecule has 2 aliphatic rings. The molecule has 0 aromatic rings. The molecule has 2 heterocycles. The summed E-state index contributed by atoms with van der Waals surface area (Å²) < 4.78 is 0. The summed E-state index contributed by atoms with van der Waals surface area (Å²) in [5.41, 5.74) is 3.99. The standard InChI is InChI=1S/C16H26N2/c1-13-10-16(12-17(4)15(13)3)14(2)11-18-8-6-5-7-9-18/h10,12,15H,2,5-9,11H2,1,3-4H3. The molecule has 0 amide bonds. The van der Waals surface area contributed by atoms with E-state index < -0.39 is 0 Å². The Morgan fingerprint density at radius 3 is 2.61 bits per heavy atom. The van der Waals surface area contributed by atoms with Gasteiger partial charge in [-0.3, -0.25) is 4.90 Å². The van der Waals surface area contributed by atoms with E-state index in [0.717, 1.165) is 6.54 Å². The molecule has 0 aromatic carbocycles. The Balaban J connectivity index is 1.98. The van der Waals surface area contributed by atoms with Gasteiger partial charge in [0.15, 0.2) is 0 Å². The molecule has 1 atom stereocenters. The highest BCUT2D eigenvalue weighted by Crippen LogP contribution is 2.23. The molecule has 2 nitrogen and oxygen atoms in total. The van der Waals surface area contributed by atoms with Crippen molar-refractivity contribution in [2.75, 3.05) is 26.7 Å². The van der Waals surface area contributed by atoms with Gasteiger partial charge >= 0.3 is 0 Å². The van der Waals surface area contributed by atoms with Crippen LogP contribution < -0.4 is 0 Å². The molecule has 18 heavy (non-hydrogen) atoms. The average Bonchev–Trinajstić information content (AvgIpc) is 2.36. The van der Waals surface area contributed by atoms with Gasteiger partial charge in [0.2, 0.25) is 0 Å². The third-order valence-electron chi connectivity index (χ3n) is 4.27. The minimum atomic E-state index is 0.511. The fourth-order valence-electron chi connectivity index (χ4n) is 2.73. The van der Waals surface area contributed by atoms with E-state index in [-0.39, 0.29) is 0 Å². The lowest BCUT2D eigenvalue weighted by molar-refractivity contribution is 0.247. The Kier molecular flexibility index (Phi) is 4.28. The van der Waals surface area contributed by atoms with Crippen molar-refractivity contribution in [1.82, 2.24) is 9.80 Å². The summed E-state index contributed by atoms with van der Waals surface area (Å²) in [6, 6.07) is 0.511. The Morgan fingerprint density at radius 1 is 1.33 bits per heavy atom. The first-order valence-electron chi connectivity index (χ1n) is 7.10. The number of nitrogens with zero attached hydrogens (tertiary/aromatic N) is 2. The van der Waals surface area contributed by atoms with Crippen LogP contribution in [0.1, 0.15) is 33.1 Å². The van der Waals surface area contributed by atoms with E-state index in [1.807, 2.05) is 0 Å². The third kappa shape index (κ3) is 3.05. The van der Waals surface area contributed by atoms with Crippen molar-refractivity contribution < 1.29 is 0 Å². The van der Waals surface area contributed by atoms with E-state index in [0.29, 0.717) is 6.04 Å². The molecule has 1 unspecified atom stereocenters. The largest absolute Gasteiger partial charge is 0.374 e. The number of piperidine rings is 1. The lowest BCUT2D eigenvalue weighted by Gasteiger charge is -2.32. The molecule has 0 saturated carbocycles. The molecule has 2 heteroatoms. The Hall–Kier alpha value is -1.02. The molecule has 100 valence electrons. The highest BCUT2D eigenvalue weighted by atomic mass is 15.1. The zero-order valence-corrected chi connectivity index (χ0v) is 12.1. The van der Waals surface area contributed by atoms with Gasteiger partial charge in [-0.1, -0.05) is 24.6 Å². The van der Waals surface area contributed by atoms with Crippen LogP contribution in [0.3, 0.4) is 0 Å². The van der Waals surface area contributed by atoms with Crippen LogP contribution in [0.4, 0.5) is 0 Å². The molecule has 0 spiro atoms. The summed E-state index contributed by atoms with van der Waals surface area (Å²) in [5, 5.41) is 0. The molecule has 0 N–H and O–H groups in total. The van der Waals surface area contributed by atoms with Gasteiger partial charge in [0, 0.05) is 25.8 Å². The molecule has 1 saturated heterocycles. The number of rotatable bonds is 3. The van der Waals surface area contributed by atoms with Crippen LogP contribution in [0.15, 0.2) is 35.6 Å². The zero-order chi connectivity index (χ0) is 13.1. The number of likely N-dealkylation sites (N-methyl/N-ethyl adjacent to an activating group) is 1. The Labute approximate surface area is 112 Å². The summed E-state index contributed by atoms with van der Waals surface area (Å²) in [4.78, 5) is 4.82. The van der Waals surface area contributed by atoms with Gasteiger partial charge in [-0.2, -0.15) is 0 Å². The first-order chi connectivity index (χ1) is 8.58. The van der Waals surface area contributed by atoms with Crippen molar-refractivity contribution >= 4 is 0 Å². The van der Waals surface area contributed by atoms with E-state index in [1.54, 1.807) is 0 Å². The lowest BCUT2D eigenvalue weighted by Crippen LogP contribution is -2.33. The van der Waals surface area contributed by atoms with Gasteiger partial charge in [0.25, 0.3) is 0 Å². The summed E-state index contributed by atoms with van der Waals surface area (Å²) >= 11 is 0. The van der Waals surface area contributed by atoms with Crippen LogP contribution in [0.25, 0.3) is 0 Å². The summed E-state index contributed by atoms with van der Waals surface area (Å²) in [6.07, 6.45) is 8.63. The lowest BCUT2D eigenvalue weighted by atomic mass is 9.97. The maximum Gasteiger partial charge on any atom is 0.0466 e. The number of allylic oxidation sites excluding steroid dienone is 1. The summed E-state index contributed by atoms with van der Waals surface area (Å²) in [5.74, 6) is 0. The van der Waals surface area contributed by atoms with Gasteiger partial charge in [-0.25, -0.2) is 0 Å². The predicted molar refractivity (Wildman–Crippen MR) is 78.5 cm³/mol. The second-order valence-electron chi connectivity index (χ2n) is 5.75. The zero-order valence-electron chi connectivity index (χ0n) is 12.1. The van der Waals surface area contributed by atoms with Crippen molar-refractivity contribution in [1.29, 1.82) is 0 Å². The smallest absolute Gasteiger partial charge is 0.0466 e. The fourth-order valence-corrected chi connectivity index (χ4v) is 2.73. The minimum Gasteiger partial charge on any atom is -0.374 e. The second-order valence-corrected chi connectivity index (χ2v) is 5.75. The van der Waals surface area contributed by atoms with Crippen LogP contribution in [0.5, 0.6) is 0 Å². The maximum absolute atomic E-state index is 4.29. The van der Waals surface area contributed by atoms with Gasteiger partial charge in [0.05, 0.1) is 0 Å². The van der Waals surface area contributed by atoms with Crippen molar-refractivity contribution in [2.24, 2.45) is 0 Å². The molecule has 0 radical (unpaired) electrons. The SMILES string of the molecule is C=C(CN1CCCCC1)C1=CN(C)C(C)C(C)=C1. The first-order valence-corrected chi connectivity index (χ1v) is 7.10. The first kappa shape index (κ1) is 13.4. The van der Waals surface area contributed by atoms with Crippen LogP contribution in [0.2, 0.25) is 0 Å². The van der Waals surface area contributed by atoms with E-state index in [2.05, 4.69) is 49.5 Å². The monoisotopic (exact) mass is 246 g/mol. The van der Waals surface area contributed by atoms with Crippen molar-refractivity contribution in [3.63, 3.8) is 0 Å². The normalized spacial score (nSPS) is 25.7. The third-order valence-corrected chi connectivity index (χ3v) is 4.27. The van der Waals surface area contributed by atoms with Crippen LogP contribution in [0, 0.1) is 0 Å². The minimum absolute atomic E-state index is 0.511. The van der Waals surface area contributed by atoms with Crippen LogP contribution in [-0.4, -0.2) is 42.5 Å². The topological polar surface area (TPSA) is 6.48 Å². The quantitative estimate of drug-likeness (QED) is 0.754. The highest BCUT2D eigenvalue weighted by molar-refractivity contribution is 5.43. The molecule has 0 aromatic heterocycles. The predicted octanol–water partition coefficient (Wildman–Crippen LogP) is 3.19. The van der Waals surface area contributed by atoms with Crippen LogP contribution in [-0.2, 0) is 0 Å². The van der Waals surface area contributed by atoms with E-state index in [4.69, 9.17) is 0 Å². The van der Waals surface area contributed by atoms with Gasteiger partial charge in [-0.15, -0.1) is 0 Å². The second kappa shape index (κ2) is 5.75. The van der Waals surface area contributed by atoms with E-state index in [9.17, 15) is 0 Å². The molecule has 2 aliphatic heterocycles. The van der Waals surface area contributed by atoms with E-state index in [1.165, 1.54) is 49.1 Å². The van der Waals surface area contributed by atoms with Crippen molar-refractivity contribution in [3.05, 3.63) is 35.6 Å². The van der Waals surface area contributed by atoms with Crippen molar-refractivity contribution in [3.8, 4) is 0 Å². The molecule has 0 bridgehead atoms. The summed E-state index contributed by atoms with van der Waals surface area (Å²) in [6.45, 7) is 12.2. The van der Waals surface area contributed by atoms with Gasteiger partial charge in [-0.05, 0) is 50.9 Å². The molecule has 2 rings (SSSR count). The van der Waals surface area contributed by atoms with Gasteiger partial charge in [0.1, 0.15) is 0 Å². The summed E-state index contributed by atoms with van der Waals surface area (Å²) in [7, 11) is 2.15.